The summed E-state index contributed by atoms with van der Waals surface area (Å²) in [7, 11) is 0. The fraction of sp³-hybridized carbons (Fsp3) is 0.500. The Hall–Kier alpha value is -1.65. The number of nitrogens with zero attached hydrogens (tertiary/aromatic N) is 2. The summed E-state index contributed by atoms with van der Waals surface area (Å²) >= 11 is 0. The molecule has 4 nitrogen and oxygen atoms in total. The number of benzene rings is 1. The van der Waals surface area contributed by atoms with Gasteiger partial charge in [-0.3, -0.25) is 4.90 Å². The van der Waals surface area contributed by atoms with E-state index in [1.165, 1.54) is 24.8 Å². The van der Waals surface area contributed by atoms with Crippen LogP contribution in [0.3, 0.4) is 0 Å². The van der Waals surface area contributed by atoms with Gasteiger partial charge in [0.15, 0.2) is 5.76 Å². The van der Waals surface area contributed by atoms with Crippen molar-refractivity contribution in [2.45, 2.75) is 51.7 Å². The molecule has 1 aliphatic heterocycles. The largest absolute Gasteiger partial charge is 0.359 e. The normalized spacial score (nSPS) is 21.0. The molecule has 2 heterocycles. The molecule has 1 saturated heterocycles. The van der Waals surface area contributed by atoms with Gasteiger partial charge in [-0.2, -0.15) is 0 Å². The number of hydrogen-bond acceptors (Lipinski definition) is 4. The van der Waals surface area contributed by atoms with E-state index in [0.29, 0.717) is 6.04 Å². The molecule has 0 spiro atoms. The zero-order chi connectivity index (χ0) is 15.5. The molecule has 1 fully saturated rings. The van der Waals surface area contributed by atoms with Crippen molar-refractivity contribution in [3.63, 3.8) is 0 Å². The highest BCUT2D eigenvalue weighted by Gasteiger charge is 2.26. The number of piperidine rings is 1. The molecule has 0 saturated carbocycles. The molecule has 3 rings (SSSR count). The Balaban J connectivity index is 1.72. The van der Waals surface area contributed by atoms with Gasteiger partial charge in [0, 0.05) is 23.7 Å². The topological polar surface area (TPSA) is 55.3 Å². The molecule has 0 radical (unpaired) electrons. The zero-order valence-electron chi connectivity index (χ0n) is 13.5. The number of nitrogens with two attached hydrogens (primary N) is 1. The van der Waals surface area contributed by atoms with E-state index < -0.39 is 0 Å². The minimum absolute atomic E-state index is 0.194. The van der Waals surface area contributed by atoms with E-state index >= 15 is 0 Å². The summed E-state index contributed by atoms with van der Waals surface area (Å²) in [6.45, 7) is 6.07. The summed E-state index contributed by atoms with van der Waals surface area (Å²) in [6, 6.07) is 11.1. The molecule has 2 aromatic rings. The van der Waals surface area contributed by atoms with Crippen LogP contribution in [0.25, 0.3) is 11.3 Å². The highest BCUT2D eigenvalue weighted by molar-refractivity contribution is 5.59. The molecule has 4 heteroatoms. The Bertz CT molecular complexity index is 603. The van der Waals surface area contributed by atoms with Gasteiger partial charge in [-0.25, -0.2) is 0 Å². The number of likely N-dealkylation sites (tertiary alicyclic amines) is 1. The Labute approximate surface area is 132 Å². The standard InChI is InChI=1S/C18H25N3O/c1-13-6-8-15(9-7-13)17-11-16(22-20-17)12-21-10-4-3-5-18(21)14(2)19/h6-9,11,14,18H,3-5,10,12,19H2,1-2H3. The Morgan fingerprint density at radius 2 is 2.09 bits per heavy atom. The lowest BCUT2D eigenvalue weighted by Gasteiger charge is -2.37. The van der Waals surface area contributed by atoms with Crippen LogP contribution in [0, 0.1) is 6.92 Å². The summed E-state index contributed by atoms with van der Waals surface area (Å²) in [5.74, 6) is 0.920. The van der Waals surface area contributed by atoms with Crippen LogP contribution in [0.2, 0.25) is 0 Å². The van der Waals surface area contributed by atoms with E-state index in [0.717, 1.165) is 30.1 Å². The molecule has 118 valence electrons. The zero-order valence-corrected chi connectivity index (χ0v) is 13.5. The van der Waals surface area contributed by atoms with Crippen LogP contribution in [-0.4, -0.2) is 28.7 Å². The number of hydrogen-bond donors (Lipinski definition) is 1. The molecule has 1 aliphatic rings. The molecule has 0 bridgehead atoms. The van der Waals surface area contributed by atoms with Crippen molar-refractivity contribution in [2.24, 2.45) is 5.73 Å². The van der Waals surface area contributed by atoms with Crippen molar-refractivity contribution in [3.05, 3.63) is 41.7 Å². The van der Waals surface area contributed by atoms with Crippen LogP contribution in [0.4, 0.5) is 0 Å². The summed E-state index contributed by atoms with van der Waals surface area (Å²) in [6.07, 6.45) is 3.69. The summed E-state index contributed by atoms with van der Waals surface area (Å²) < 4.78 is 5.55. The van der Waals surface area contributed by atoms with Crippen LogP contribution < -0.4 is 5.73 Å². The second-order valence-corrected chi connectivity index (χ2v) is 6.44. The SMILES string of the molecule is Cc1ccc(-c2cc(CN3CCCCC3C(C)N)on2)cc1. The van der Waals surface area contributed by atoms with E-state index in [-0.39, 0.29) is 6.04 Å². The van der Waals surface area contributed by atoms with Crippen LogP contribution in [0.15, 0.2) is 34.9 Å². The van der Waals surface area contributed by atoms with Gasteiger partial charge in [0.2, 0.25) is 0 Å². The van der Waals surface area contributed by atoms with Gasteiger partial charge in [-0.1, -0.05) is 41.4 Å². The Morgan fingerprint density at radius 3 is 2.82 bits per heavy atom. The molecule has 1 aromatic heterocycles. The van der Waals surface area contributed by atoms with Gasteiger partial charge in [-0.15, -0.1) is 0 Å². The maximum absolute atomic E-state index is 6.13. The van der Waals surface area contributed by atoms with Gasteiger partial charge in [0.1, 0.15) is 5.69 Å². The third-order valence-electron chi connectivity index (χ3n) is 4.54. The predicted molar refractivity (Wildman–Crippen MR) is 88.4 cm³/mol. The van der Waals surface area contributed by atoms with Gasteiger partial charge in [-0.05, 0) is 33.2 Å². The predicted octanol–water partition coefficient (Wildman–Crippen LogP) is 3.35. The number of aryl methyl sites for hydroxylation is 1. The first-order valence-corrected chi connectivity index (χ1v) is 8.16. The number of rotatable bonds is 4. The minimum atomic E-state index is 0.194. The van der Waals surface area contributed by atoms with Crippen molar-refractivity contribution in [2.75, 3.05) is 6.54 Å². The van der Waals surface area contributed by atoms with E-state index in [9.17, 15) is 0 Å². The summed E-state index contributed by atoms with van der Waals surface area (Å²) in [5, 5.41) is 4.22. The Kier molecular flexibility index (Phi) is 4.60. The van der Waals surface area contributed by atoms with Gasteiger partial charge < -0.3 is 10.3 Å². The first kappa shape index (κ1) is 15.3. The quantitative estimate of drug-likeness (QED) is 0.940. The van der Waals surface area contributed by atoms with Crippen LogP contribution in [-0.2, 0) is 6.54 Å². The van der Waals surface area contributed by atoms with E-state index in [2.05, 4.69) is 54.2 Å². The van der Waals surface area contributed by atoms with Crippen molar-refractivity contribution < 1.29 is 4.52 Å². The molecule has 2 N–H and O–H groups in total. The third kappa shape index (κ3) is 3.39. The first-order valence-electron chi connectivity index (χ1n) is 8.16. The lowest BCUT2D eigenvalue weighted by molar-refractivity contribution is 0.111. The molecular weight excluding hydrogens is 274 g/mol. The fourth-order valence-corrected chi connectivity index (χ4v) is 3.26. The molecule has 1 aromatic carbocycles. The van der Waals surface area contributed by atoms with Crippen LogP contribution >= 0.6 is 0 Å². The molecular formula is C18H25N3O. The fourth-order valence-electron chi connectivity index (χ4n) is 3.26. The molecule has 2 atom stereocenters. The van der Waals surface area contributed by atoms with Crippen molar-refractivity contribution >= 4 is 0 Å². The molecule has 2 unspecified atom stereocenters. The van der Waals surface area contributed by atoms with Crippen molar-refractivity contribution in [1.29, 1.82) is 0 Å². The maximum atomic E-state index is 6.13. The second kappa shape index (κ2) is 6.63. The van der Waals surface area contributed by atoms with E-state index in [1.54, 1.807) is 0 Å². The lowest BCUT2D eigenvalue weighted by atomic mass is 9.97. The molecule has 22 heavy (non-hydrogen) atoms. The summed E-state index contributed by atoms with van der Waals surface area (Å²) in [5.41, 5.74) is 9.39. The average molecular weight is 299 g/mol. The van der Waals surface area contributed by atoms with Gasteiger partial charge >= 0.3 is 0 Å². The van der Waals surface area contributed by atoms with E-state index in [4.69, 9.17) is 10.3 Å². The Morgan fingerprint density at radius 1 is 1.32 bits per heavy atom. The second-order valence-electron chi connectivity index (χ2n) is 6.44. The summed E-state index contributed by atoms with van der Waals surface area (Å²) in [4.78, 5) is 2.44. The molecule has 0 aliphatic carbocycles. The highest BCUT2D eigenvalue weighted by atomic mass is 16.5. The third-order valence-corrected chi connectivity index (χ3v) is 4.54. The maximum Gasteiger partial charge on any atom is 0.151 e. The van der Waals surface area contributed by atoms with Gasteiger partial charge in [0.05, 0.1) is 6.54 Å². The lowest BCUT2D eigenvalue weighted by Crippen LogP contribution is -2.48. The first-order chi connectivity index (χ1) is 10.6. The smallest absolute Gasteiger partial charge is 0.151 e. The molecule has 0 amide bonds. The van der Waals surface area contributed by atoms with Crippen molar-refractivity contribution in [3.8, 4) is 11.3 Å². The monoisotopic (exact) mass is 299 g/mol. The van der Waals surface area contributed by atoms with E-state index in [1.807, 2.05) is 0 Å². The van der Waals surface area contributed by atoms with Crippen LogP contribution in [0.5, 0.6) is 0 Å². The average Bonchev–Trinajstić information content (AvgIpc) is 2.97. The number of aromatic nitrogens is 1. The van der Waals surface area contributed by atoms with Crippen LogP contribution in [0.1, 0.15) is 37.5 Å². The highest BCUT2D eigenvalue weighted by Crippen LogP contribution is 2.24. The van der Waals surface area contributed by atoms with Gasteiger partial charge in [0.25, 0.3) is 0 Å². The minimum Gasteiger partial charge on any atom is -0.359 e. The van der Waals surface area contributed by atoms with Crippen molar-refractivity contribution in [1.82, 2.24) is 10.1 Å².